The summed E-state index contributed by atoms with van der Waals surface area (Å²) in [6, 6.07) is 16.0. The first-order valence-corrected chi connectivity index (χ1v) is 11.3. The van der Waals surface area contributed by atoms with Crippen LogP contribution in [0.5, 0.6) is 0 Å². The third kappa shape index (κ3) is 4.93. The summed E-state index contributed by atoms with van der Waals surface area (Å²) in [5.74, 6) is 0.228. The lowest BCUT2D eigenvalue weighted by atomic mass is 10.1. The second kappa shape index (κ2) is 9.24. The Morgan fingerprint density at radius 1 is 1.04 bits per heavy atom. The Morgan fingerprint density at radius 2 is 1.68 bits per heavy atom. The number of aryl methyl sites for hydroxylation is 1. The minimum Gasteiger partial charge on any atom is -0.356 e. The maximum absolute atomic E-state index is 13.2. The molecule has 28 heavy (non-hydrogen) atoms. The number of anilines is 1. The molecule has 0 radical (unpaired) electrons. The molecule has 2 aromatic rings. The average Bonchev–Trinajstić information content (AvgIpc) is 3.23. The minimum absolute atomic E-state index is 0.102. The van der Waals surface area contributed by atoms with Crippen LogP contribution in [0.25, 0.3) is 0 Å². The molecule has 1 saturated carbocycles. The molecule has 0 spiro atoms. The molecule has 0 saturated heterocycles. The molecule has 6 heteroatoms. The van der Waals surface area contributed by atoms with Gasteiger partial charge in [-0.25, -0.2) is 8.42 Å². The molecule has 150 valence electrons. The third-order valence-electron chi connectivity index (χ3n) is 5.22. The highest BCUT2D eigenvalue weighted by Gasteiger charge is 2.25. The van der Waals surface area contributed by atoms with Gasteiger partial charge >= 0.3 is 0 Å². The van der Waals surface area contributed by atoms with Gasteiger partial charge in [0.25, 0.3) is 10.0 Å². The van der Waals surface area contributed by atoms with Crippen LogP contribution in [0, 0.1) is 12.8 Å². The lowest BCUT2D eigenvalue weighted by Gasteiger charge is -2.25. The number of sulfonamides is 1. The van der Waals surface area contributed by atoms with E-state index in [1.807, 2.05) is 25.1 Å². The van der Waals surface area contributed by atoms with Crippen LogP contribution in [-0.4, -0.2) is 27.4 Å². The number of para-hydroxylation sites is 1. The smallest absolute Gasteiger partial charge is 0.264 e. The minimum atomic E-state index is -3.67. The van der Waals surface area contributed by atoms with E-state index in [1.165, 1.54) is 4.31 Å². The Labute approximate surface area is 167 Å². The average molecular weight is 401 g/mol. The normalized spacial score (nSPS) is 14.8. The van der Waals surface area contributed by atoms with E-state index in [0.717, 1.165) is 31.2 Å². The zero-order valence-corrected chi connectivity index (χ0v) is 17.1. The highest BCUT2D eigenvalue weighted by molar-refractivity contribution is 7.92. The summed E-state index contributed by atoms with van der Waals surface area (Å²) < 4.78 is 27.9. The first-order chi connectivity index (χ1) is 13.5. The summed E-state index contributed by atoms with van der Waals surface area (Å²) in [4.78, 5) is 12.4. The molecule has 0 aromatic heterocycles. The van der Waals surface area contributed by atoms with Gasteiger partial charge in [0.2, 0.25) is 5.91 Å². The lowest BCUT2D eigenvalue weighted by Crippen LogP contribution is -2.35. The molecule has 0 unspecified atom stereocenters. The van der Waals surface area contributed by atoms with Gasteiger partial charge in [-0.15, -0.1) is 0 Å². The van der Waals surface area contributed by atoms with Crippen molar-refractivity contribution in [3.05, 3.63) is 60.2 Å². The topological polar surface area (TPSA) is 66.5 Å². The van der Waals surface area contributed by atoms with E-state index < -0.39 is 10.0 Å². The maximum Gasteiger partial charge on any atom is 0.264 e. The number of nitrogens with one attached hydrogen (secondary N) is 1. The second-order valence-corrected chi connectivity index (χ2v) is 9.21. The van der Waals surface area contributed by atoms with Crippen LogP contribution < -0.4 is 9.62 Å². The number of amides is 1. The van der Waals surface area contributed by atoms with Crippen molar-refractivity contribution in [2.75, 3.05) is 17.4 Å². The zero-order valence-electron chi connectivity index (χ0n) is 16.3. The molecule has 5 nitrogen and oxygen atoms in total. The summed E-state index contributed by atoms with van der Waals surface area (Å²) in [6.07, 6.45) is 4.72. The largest absolute Gasteiger partial charge is 0.356 e. The molecule has 3 rings (SSSR count). The fourth-order valence-electron chi connectivity index (χ4n) is 3.59. The Kier molecular flexibility index (Phi) is 6.73. The van der Waals surface area contributed by atoms with Gasteiger partial charge in [0.15, 0.2) is 0 Å². The number of rotatable bonds is 8. The van der Waals surface area contributed by atoms with Crippen LogP contribution in [0.2, 0.25) is 0 Å². The van der Waals surface area contributed by atoms with E-state index in [0.29, 0.717) is 25.2 Å². The van der Waals surface area contributed by atoms with Crippen molar-refractivity contribution in [1.29, 1.82) is 0 Å². The number of carbonyl (C=O) groups is 1. The molecule has 1 amide bonds. The summed E-state index contributed by atoms with van der Waals surface area (Å²) in [7, 11) is -3.67. The number of benzene rings is 2. The molecule has 0 heterocycles. The third-order valence-corrected chi connectivity index (χ3v) is 7.06. The summed E-state index contributed by atoms with van der Waals surface area (Å²) in [6.45, 7) is 2.71. The summed E-state index contributed by atoms with van der Waals surface area (Å²) in [5.41, 5.74) is 1.64. The fraction of sp³-hybridized carbons (Fsp3) is 0.409. The second-order valence-electron chi connectivity index (χ2n) is 7.35. The van der Waals surface area contributed by atoms with Crippen molar-refractivity contribution >= 4 is 21.6 Å². The number of nitrogens with zero attached hydrogens (tertiary/aromatic N) is 1. The van der Waals surface area contributed by atoms with Crippen molar-refractivity contribution < 1.29 is 13.2 Å². The molecular weight excluding hydrogens is 372 g/mol. The molecule has 1 aliphatic rings. The number of carbonyl (C=O) groups excluding carboxylic acids is 1. The molecular formula is C22H28N2O3S. The maximum atomic E-state index is 13.2. The Morgan fingerprint density at radius 3 is 2.32 bits per heavy atom. The Bertz CT molecular complexity index is 874. The van der Waals surface area contributed by atoms with Gasteiger partial charge in [0.1, 0.15) is 0 Å². The van der Waals surface area contributed by atoms with E-state index in [2.05, 4.69) is 5.32 Å². The Hall–Kier alpha value is -2.34. The van der Waals surface area contributed by atoms with Crippen LogP contribution in [0.1, 0.15) is 37.7 Å². The van der Waals surface area contributed by atoms with E-state index in [4.69, 9.17) is 0 Å². The van der Waals surface area contributed by atoms with Crippen LogP contribution in [0.15, 0.2) is 59.5 Å². The van der Waals surface area contributed by atoms with Gasteiger partial charge in [-0.05, 0) is 50.5 Å². The summed E-state index contributed by atoms with van der Waals surface area (Å²) in [5, 5.41) is 2.97. The van der Waals surface area contributed by atoms with Gasteiger partial charge in [-0.2, -0.15) is 0 Å². The van der Waals surface area contributed by atoms with Crippen LogP contribution in [-0.2, 0) is 14.8 Å². The standard InChI is InChI=1S/C22H28N2O3S/c1-18-12-14-21(15-13-18)28(26,27)24(20-10-3-2-4-11-20)17-7-16-23-22(25)19-8-5-6-9-19/h2-4,10-15,19H,5-9,16-17H2,1H3,(H,23,25). The first-order valence-electron chi connectivity index (χ1n) is 9.90. The molecule has 1 fully saturated rings. The van der Waals surface area contributed by atoms with E-state index in [1.54, 1.807) is 36.4 Å². The molecule has 1 N–H and O–H groups in total. The van der Waals surface area contributed by atoms with Crippen molar-refractivity contribution in [3.63, 3.8) is 0 Å². The van der Waals surface area contributed by atoms with Crippen LogP contribution >= 0.6 is 0 Å². The van der Waals surface area contributed by atoms with Crippen molar-refractivity contribution in [1.82, 2.24) is 5.32 Å². The van der Waals surface area contributed by atoms with E-state index in [9.17, 15) is 13.2 Å². The number of hydrogen-bond donors (Lipinski definition) is 1. The van der Waals surface area contributed by atoms with Gasteiger partial charge < -0.3 is 5.32 Å². The highest BCUT2D eigenvalue weighted by atomic mass is 32.2. The summed E-state index contributed by atoms with van der Waals surface area (Å²) >= 11 is 0. The predicted molar refractivity (Wildman–Crippen MR) is 112 cm³/mol. The SMILES string of the molecule is Cc1ccc(S(=O)(=O)N(CCCNC(=O)C2CCCC2)c2ccccc2)cc1. The highest BCUT2D eigenvalue weighted by Crippen LogP contribution is 2.25. The first kappa shape index (κ1) is 20.4. The van der Waals surface area contributed by atoms with Crippen molar-refractivity contribution in [2.24, 2.45) is 5.92 Å². The fourth-order valence-corrected chi connectivity index (χ4v) is 5.09. The monoisotopic (exact) mass is 400 g/mol. The van der Waals surface area contributed by atoms with Crippen molar-refractivity contribution in [2.45, 2.75) is 43.9 Å². The van der Waals surface area contributed by atoms with Gasteiger partial charge in [0.05, 0.1) is 10.6 Å². The van der Waals surface area contributed by atoms with Crippen LogP contribution in [0.4, 0.5) is 5.69 Å². The van der Waals surface area contributed by atoms with Gasteiger partial charge in [0, 0.05) is 19.0 Å². The van der Waals surface area contributed by atoms with Crippen molar-refractivity contribution in [3.8, 4) is 0 Å². The number of hydrogen-bond acceptors (Lipinski definition) is 3. The van der Waals surface area contributed by atoms with Crippen LogP contribution in [0.3, 0.4) is 0 Å². The predicted octanol–water partition coefficient (Wildman–Crippen LogP) is 3.89. The quantitative estimate of drug-likeness (QED) is 0.684. The Balaban J connectivity index is 1.69. The molecule has 0 atom stereocenters. The zero-order chi connectivity index (χ0) is 20.0. The van der Waals surface area contributed by atoms with Gasteiger partial charge in [-0.1, -0.05) is 48.7 Å². The molecule has 0 aliphatic heterocycles. The molecule has 1 aliphatic carbocycles. The lowest BCUT2D eigenvalue weighted by molar-refractivity contribution is -0.124. The van der Waals surface area contributed by atoms with Gasteiger partial charge in [-0.3, -0.25) is 9.10 Å². The van der Waals surface area contributed by atoms with E-state index in [-0.39, 0.29) is 16.7 Å². The molecule has 0 bridgehead atoms. The van der Waals surface area contributed by atoms with E-state index >= 15 is 0 Å². The molecule has 2 aromatic carbocycles.